The number of amides is 1. The number of carbonyl (C=O) groups is 3. The van der Waals surface area contributed by atoms with Gasteiger partial charge in [0.15, 0.2) is 11.8 Å². The summed E-state index contributed by atoms with van der Waals surface area (Å²) in [7, 11) is 0. The predicted molar refractivity (Wildman–Crippen MR) is 143 cm³/mol. The average molecular weight is 535 g/mol. The van der Waals surface area contributed by atoms with Gasteiger partial charge in [-0.05, 0) is 44.0 Å². The van der Waals surface area contributed by atoms with Gasteiger partial charge >= 0.3 is 11.7 Å². The number of aromatic amines is 1. The number of rotatable bonds is 14. The number of carbonyl (C=O) groups excluding carboxylic acids is 3. The van der Waals surface area contributed by atoms with Crippen molar-refractivity contribution in [2.75, 3.05) is 17.2 Å². The van der Waals surface area contributed by atoms with Crippen LogP contribution in [-0.2, 0) is 20.9 Å². The van der Waals surface area contributed by atoms with E-state index in [1.165, 1.54) is 28.5 Å². The first-order valence-corrected chi connectivity index (χ1v) is 12.9. The smallest absolute Gasteiger partial charge is 0.330 e. The van der Waals surface area contributed by atoms with E-state index in [0.717, 1.165) is 19.3 Å². The van der Waals surface area contributed by atoms with Crippen molar-refractivity contribution in [1.29, 1.82) is 0 Å². The highest BCUT2D eigenvalue weighted by atomic mass is 35.5. The Bertz CT molecular complexity index is 1210. The van der Waals surface area contributed by atoms with Gasteiger partial charge in [-0.25, -0.2) is 4.79 Å². The number of hydrogen-bond donors (Lipinski definition) is 2. The molecule has 2 aromatic rings. The number of H-pyrrole nitrogens is 1. The molecule has 1 heterocycles. The van der Waals surface area contributed by atoms with Gasteiger partial charge in [0, 0.05) is 30.1 Å². The Morgan fingerprint density at radius 2 is 1.70 bits per heavy atom. The fourth-order valence-corrected chi connectivity index (χ4v) is 3.89. The van der Waals surface area contributed by atoms with E-state index in [1.807, 2.05) is 13.8 Å². The van der Waals surface area contributed by atoms with Gasteiger partial charge in [0.1, 0.15) is 5.82 Å². The van der Waals surface area contributed by atoms with E-state index in [9.17, 15) is 24.0 Å². The summed E-state index contributed by atoms with van der Waals surface area (Å²) in [5.74, 6) is -1.72. The molecule has 1 aromatic heterocycles. The molecule has 2 rings (SSSR count). The van der Waals surface area contributed by atoms with Crippen LogP contribution < -0.4 is 21.9 Å². The number of halogens is 1. The van der Waals surface area contributed by atoms with Crippen LogP contribution in [0.25, 0.3) is 0 Å². The van der Waals surface area contributed by atoms with Gasteiger partial charge < -0.3 is 15.4 Å². The zero-order chi connectivity index (χ0) is 27.5. The molecule has 202 valence electrons. The number of anilines is 2. The molecule has 37 heavy (non-hydrogen) atoms. The number of esters is 1. The lowest BCUT2D eigenvalue weighted by Crippen LogP contribution is -2.41. The lowest BCUT2D eigenvalue weighted by Gasteiger charge is -2.24. The molecule has 11 heteroatoms. The van der Waals surface area contributed by atoms with E-state index in [0.29, 0.717) is 30.0 Å². The second kappa shape index (κ2) is 14.4. The third-order valence-electron chi connectivity index (χ3n) is 5.85. The van der Waals surface area contributed by atoms with Crippen LogP contribution in [0.1, 0.15) is 76.1 Å². The molecule has 1 aromatic carbocycles. The molecule has 0 aliphatic rings. The Hall–Kier alpha value is -3.40. The number of ether oxygens (including phenoxy) is 1. The van der Waals surface area contributed by atoms with E-state index in [-0.39, 0.29) is 30.9 Å². The molecular formula is C26H35ClN4O6. The Labute approximate surface area is 220 Å². The number of nitrogens with zero attached hydrogens (tertiary/aromatic N) is 2. The highest BCUT2D eigenvalue weighted by molar-refractivity contribution is 6.30. The summed E-state index contributed by atoms with van der Waals surface area (Å²) in [6.45, 7) is 5.91. The molecular weight excluding hydrogens is 500 g/mol. The Kier molecular flexibility index (Phi) is 11.6. The fourth-order valence-electron chi connectivity index (χ4n) is 3.76. The normalized spacial score (nSPS) is 11.7. The van der Waals surface area contributed by atoms with Crippen molar-refractivity contribution in [1.82, 2.24) is 9.55 Å². The maximum Gasteiger partial charge on any atom is 0.330 e. The molecule has 0 unspecified atom stereocenters. The third-order valence-corrected chi connectivity index (χ3v) is 6.11. The third kappa shape index (κ3) is 8.31. The van der Waals surface area contributed by atoms with Gasteiger partial charge in [-0.2, -0.15) is 0 Å². The monoisotopic (exact) mass is 534 g/mol. The number of unbranched alkanes of at least 4 members (excludes halogenated alkanes) is 3. The predicted octanol–water partition coefficient (Wildman–Crippen LogP) is 3.69. The van der Waals surface area contributed by atoms with Crippen molar-refractivity contribution >= 4 is 40.8 Å². The number of nitrogens with one attached hydrogen (secondary N) is 1. The SMILES string of the molecule is CCCCCN(C(=O)CCC(=O)O[C@H](C)C(=O)c1ccc(Cl)cc1)c1c(N)n(CCCC)c(=O)[nH]c1=O. The summed E-state index contributed by atoms with van der Waals surface area (Å²) in [5, 5.41) is 0.475. The van der Waals surface area contributed by atoms with Crippen molar-refractivity contribution in [3.05, 3.63) is 55.7 Å². The molecule has 0 radical (unpaired) electrons. The molecule has 0 saturated carbocycles. The van der Waals surface area contributed by atoms with Crippen LogP contribution in [0.15, 0.2) is 33.9 Å². The topological polar surface area (TPSA) is 145 Å². The summed E-state index contributed by atoms with van der Waals surface area (Å²) in [5.41, 5.74) is 5.05. The highest BCUT2D eigenvalue weighted by Gasteiger charge is 2.25. The number of aromatic nitrogens is 2. The zero-order valence-corrected chi connectivity index (χ0v) is 22.3. The zero-order valence-electron chi connectivity index (χ0n) is 21.5. The summed E-state index contributed by atoms with van der Waals surface area (Å²) in [6, 6.07) is 6.20. The van der Waals surface area contributed by atoms with Crippen LogP contribution in [-0.4, -0.2) is 39.9 Å². The number of nitrogens with two attached hydrogens (primary N) is 1. The maximum atomic E-state index is 13.2. The van der Waals surface area contributed by atoms with Crippen LogP contribution in [0, 0.1) is 0 Å². The van der Waals surface area contributed by atoms with Crippen LogP contribution in [0.4, 0.5) is 11.5 Å². The van der Waals surface area contributed by atoms with Gasteiger partial charge in [-0.15, -0.1) is 0 Å². The standard InChI is InChI=1S/C26H35ClN4O6/c1-4-6-8-16-30(22-24(28)31(15-7-5-2)26(36)29-25(22)35)20(32)13-14-21(33)37-17(3)23(34)18-9-11-19(27)12-10-18/h9-12,17H,4-8,13-16,28H2,1-3H3,(H,29,35,36)/t17-/m1/s1. The number of Topliss-reactive ketones (excluding diaryl/α,β-unsaturated/α-hetero) is 1. The molecule has 0 aliphatic carbocycles. The molecule has 1 atom stereocenters. The average Bonchev–Trinajstić information content (AvgIpc) is 2.86. The van der Waals surface area contributed by atoms with Gasteiger partial charge in [-0.3, -0.25) is 28.7 Å². The molecule has 1 amide bonds. The van der Waals surface area contributed by atoms with Gasteiger partial charge in [0.05, 0.1) is 6.42 Å². The van der Waals surface area contributed by atoms with Gasteiger partial charge in [-0.1, -0.05) is 44.7 Å². The second-order valence-electron chi connectivity index (χ2n) is 8.75. The van der Waals surface area contributed by atoms with Crippen LogP contribution in [0.2, 0.25) is 5.02 Å². The number of hydrogen-bond acceptors (Lipinski definition) is 7. The summed E-state index contributed by atoms with van der Waals surface area (Å²) < 4.78 is 6.48. The van der Waals surface area contributed by atoms with Crippen LogP contribution >= 0.6 is 11.6 Å². The molecule has 0 saturated heterocycles. The van der Waals surface area contributed by atoms with Crippen molar-refractivity contribution < 1.29 is 19.1 Å². The van der Waals surface area contributed by atoms with E-state index in [2.05, 4.69) is 4.98 Å². The highest BCUT2D eigenvalue weighted by Crippen LogP contribution is 2.20. The van der Waals surface area contributed by atoms with Crippen molar-refractivity contribution in [3.63, 3.8) is 0 Å². The number of benzene rings is 1. The number of ketones is 1. The summed E-state index contributed by atoms with van der Waals surface area (Å²) in [6.07, 6.45) is 2.16. The second-order valence-corrected chi connectivity index (χ2v) is 9.19. The minimum Gasteiger partial charge on any atom is -0.454 e. The maximum absolute atomic E-state index is 13.2. The Balaban J connectivity index is 2.16. The fraction of sp³-hybridized carbons (Fsp3) is 0.500. The van der Waals surface area contributed by atoms with Crippen molar-refractivity contribution in [2.24, 2.45) is 0 Å². The van der Waals surface area contributed by atoms with Crippen molar-refractivity contribution in [3.8, 4) is 0 Å². The quantitative estimate of drug-likeness (QED) is 0.213. The summed E-state index contributed by atoms with van der Waals surface area (Å²) in [4.78, 5) is 66.6. The first kappa shape index (κ1) is 29.8. The minimum absolute atomic E-state index is 0.0863. The largest absolute Gasteiger partial charge is 0.454 e. The van der Waals surface area contributed by atoms with Crippen LogP contribution in [0.5, 0.6) is 0 Å². The van der Waals surface area contributed by atoms with Crippen molar-refractivity contribution in [2.45, 2.75) is 78.4 Å². The van der Waals surface area contributed by atoms with Crippen LogP contribution in [0.3, 0.4) is 0 Å². The molecule has 0 aliphatic heterocycles. The molecule has 0 bridgehead atoms. The molecule has 3 N–H and O–H groups in total. The van der Waals surface area contributed by atoms with E-state index in [4.69, 9.17) is 22.1 Å². The molecule has 0 fully saturated rings. The van der Waals surface area contributed by atoms with E-state index >= 15 is 0 Å². The first-order valence-electron chi connectivity index (χ1n) is 12.5. The number of nitrogen functional groups attached to an aromatic ring is 1. The van der Waals surface area contributed by atoms with E-state index < -0.39 is 35.0 Å². The lowest BCUT2D eigenvalue weighted by atomic mass is 10.1. The molecule has 0 spiro atoms. The van der Waals surface area contributed by atoms with Gasteiger partial charge in [0.2, 0.25) is 11.7 Å². The lowest BCUT2D eigenvalue weighted by molar-refractivity contribution is -0.147. The Morgan fingerprint density at radius 3 is 2.32 bits per heavy atom. The van der Waals surface area contributed by atoms with Gasteiger partial charge in [0.25, 0.3) is 5.56 Å². The van der Waals surface area contributed by atoms with E-state index in [1.54, 1.807) is 12.1 Å². The Morgan fingerprint density at radius 1 is 1.05 bits per heavy atom. The molecule has 10 nitrogen and oxygen atoms in total. The first-order chi connectivity index (χ1) is 17.6. The summed E-state index contributed by atoms with van der Waals surface area (Å²) >= 11 is 5.84. The minimum atomic E-state index is -1.05.